The molecule has 0 spiro atoms. The van der Waals surface area contributed by atoms with Crippen molar-refractivity contribution in [3.63, 3.8) is 0 Å². The van der Waals surface area contributed by atoms with E-state index in [2.05, 4.69) is 37.6 Å². The van der Waals surface area contributed by atoms with Crippen LogP contribution in [0.5, 0.6) is 0 Å². The fourth-order valence-electron chi connectivity index (χ4n) is 1.05. The lowest BCUT2D eigenvalue weighted by Gasteiger charge is -2.20. The molecule has 1 aromatic heterocycles. The van der Waals surface area contributed by atoms with Crippen LogP contribution in [0.25, 0.3) is 0 Å². The van der Waals surface area contributed by atoms with Crippen molar-refractivity contribution in [2.24, 2.45) is 4.99 Å². The van der Waals surface area contributed by atoms with Gasteiger partial charge in [-0.2, -0.15) is 4.39 Å². The van der Waals surface area contributed by atoms with E-state index in [0.717, 1.165) is 3.70 Å². The van der Waals surface area contributed by atoms with Gasteiger partial charge in [0.25, 0.3) is 0 Å². The van der Waals surface area contributed by atoms with Gasteiger partial charge in [0.15, 0.2) is 5.95 Å². The highest BCUT2D eigenvalue weighted by molar-refractivity contribution is 14.1. The molecule has 2 rings (SSSR count). The van der Waals surface area contributed by atoms with Gasteiger partial charge in [0, 0.05) is 18.4 Å². The SMILES string of the molecule is FC1=CC=NCN1c1cc(I)ncn1. The number of hydrogen-bond acceptors (Lipinski definition) is 4. The fourth-order valence-corrected chi connectivity index (χ4v) is 1.46. The van der Waals surface area contributed by atoms with Crippen LogP contribution < -0.4 is 4.90 Å². The van der Waals surface area contributed by atoms with Crippen molar-refractivity contribution in [2.75, 3.05) is 11.6 Å². The summed E-state index contributed by atoms with van der Waals surface area (Å²) in [5.41, 5.74) is 0. The average Bonchev–Trinajstić information content (AvgIpc) is 2.18. The lowest BCUT2D eigenvalue weighted by atomic mass is 10.4. The molecular formula is C8H6FIN4. The van der Waals surface area contributed by atoms with Crippen LogP contribution in [0.1, 0.15) is 0 Å². The summed E-state index contributed by atoms with van der Waals surface area (Å²) in [7, 11) is 0. The molecule has 72 valence electrons. The van der Waals surface area contributed by atoms with Gasteiger partial charge < -0.3 is 0 Å². The normalized spacial score (nSPS) is 15.6. The predicted molar refractivity (Wildman–Crippen MR) is 59.8 cm³/mol. The van der Waals surface area contributed by atoms with E-state index in [1.165, 1.54) is 23.5 Å². The molecule has 0 N–H and O–H groups in total. The van der Waals surface area contributed by atoms with E-state index in [1.807, 2.05) is 0 Å². The molecule has 14 heavy (non-hydrogen) atoms. The van der Waals surface area contributed by atoms with Gasteiger partial charge in [0.2, 0.25) is 0 Å². The summed E-state index contributed by atoms with van der Waals surface area (Å²) >= 11 is 2.05. The van der Waals surface area contributed by atoms with E-state index < -0.39 is 0 Å². The van der Waals surface area contributed by atoms with Gasteiger partial charge in [-0.3, -0.25) is 9.89 Å². The Morgan fingerprint density at radius 1 is 1.43 bits per heavy atom. The maximum atomic E-state index is 13.3. The highest BCUT2D eigenvalue weighted by Crippen LogP contribution is 2.19. The molecule has 0 fully saturated rings. The Hall–Kier alpha value is -1.05. The smallest absolute Gasteiger partial charge is 0.198 e. The molecule has 0 bridgehead atoms. The van der Waals surface area contributed by atoms with Crippen molar-refractivity contribution >= 4 is 34.6 Å². The predicted octanol–water partition coefficient (Wildman–Crippen LogP) is 1.74. The van der Waals surface area contributed by atoms with Crippen LogP contribution in [-0.2, 0) is 0 Å². The maximum absolute atomic E-state index is 13.3. The summed E-state index contributed by atoms with van der Waals surface area (Å²) < 4.78 is 14.1. The minimum Gasteiger partial charge on any atom is -0.282 e. The lowest BCUT2D eigenvalue weighted by molar-refractivity contribution is 0.584. The van der Waals surface area contributed by atoms with Crippen LogP contribution in [0, 0.1) is 3.70 Å². The van der Waals surface area contributed by atoms with E-state index >= 15 is 0 Å². The zero-order chi connectivity index (χ0) is 9.97. The van der Waals surface area contributed by atoms with Gasteiger partial charge in [-0.05, 0) is 22.6 Å². The standard InChI is InChI=1S/C8H6FIN4/c9-6-1-2-11-5-14(6)8-3-7(10)12-4-13-8/h1-4H,5H2. The van der Waals surface area contributed by atoms with E-state index in [1.54, 1.807) is 6.07 Å². The molecule has 1 aromatic rings. The van der Waals surface area contributed by atoms with Crippen LogP contribution in [0.2, 0.25) is 0 Å². The number of aliphatic imine (C=N–C) groups is 1. The van der Waals surface area contributed by atoms with Gasteiger partial charge in [-0.25, -0.2) is 9.97 Å². The van der Waals surface area contributed by atoms with Crippen molar-refractivity contribution in [3.8, 4) is 0 Å². The minimum atomic E-state index is -0.352. The number of anilines is 1. The Kier molecular flexibility index (Phi) is 2.71. The van der Waals surface area contributed by atoms with Crippen molar-refractivity contribution in [3.05, 3.63) is 28.1 Å². The molecule has 1 aliphatic heterocycles. The number of allylic oxidation sites excluding steroid dienone is 1. The molecule has 0 saturated carbocycles. The zero-order valence-electron chi connectivity index (χ0n) is 7.06. The molecule has 0 aliphatic carbocycles. The minimum absolute atomic E-state index is 0.259. The number of aromatic nitrogens is 2. The summed E-state index contributed by atoms with van der Waals surface area (Å²) in [5.74, 6) is 0.171. The monoisotopic (exact) mass is 304 g/mol. The van der Waals surface area contributed by atoms with Crippen LogP contribution >= 0.6 is 22.6 Å². The second kappa shape index (κ2) is 3.99. The number of hydrogen-bond donors (Lipinski definition) is 0. The summed E-state index contributed by atoms with van der Waals surface area (Å²) in [4.78, 5) is 13.2. The maximum Gasteiger partial charge on any atom is 0.198 e. The Labute approximate surface area is 93.7 Å². The molecule has 2 heterocycles. The Balaban J connectivity index is 2.32. The molecule has 1 aliphatic rings. The molecule has 0 unspecified atom stereocenters. The Morgan fingerprint density at radius 2 is 2.29 bits per heavy atom. The number of halogens is 2. The second-order valence-electron chi connectivity index (χ2n) is 2.59. The first-order valence-electron chi connectivity index (χ1n) is 3.88. The molecule has 0 saturated heterocycles. The van der Waals surface area contributed by atoms with Gasteiger partial charge in [0.1, 0.15) is 22.5 Å². The second-order valence-corrected chi connectivity index (χ2v) is 3.69. The third kappa shape index (κ3) is 1.89. The lowest BCUT2D eigenvalue weighted by Crippen LogP contribution is -2.24. The fraction of sp³-hybridized carbons (Fsp3) is 0.125. The van der Waals surface area contributed by atoms with E-state index in [4.69, 9.17) is 0 Å². The van der Waals surface area contributed by atoms with Gasteiger partial charge >= 0.3 is 0 Å². The summed E-state index contributed by atoms with van der Waals surface area (Å²) in [6.45, 7) is 0.259. The summed E-state index contributed by atoms with van der Waals surface area (Å²) in [5, 5.41) is 0. The van der Waals surface area contributed by atoms with E-state index in [0.29, 0.717) is 5.82 Å². The largest absolute Gasteiger partial charge is 0.282 e. The van der Waals surface area contributed by atoms with Crippen LogP contribution in [0.4, 0.5) is 10.2 Å². The number of rotatable bonds is 1. The van der Waals surface area contributed by atoms with Gasteiger partial charge in [-0.1, -0.05) is 0 Å². The first-order chi connectivity index (χ1) is 6.77. The average molecular weight is 304 g/mol. The van der Waals surface area contributed by atoms with Crippen LogP contribution in [0.15, 0.2) is 29.4 Å². The van der Waals surface area contributed by atoms with Crippen molar-refractivity contribution in [2.45, 2.75) is 0 Å². The summed E-state index contributed by atoms with van der Waals surface area (Å²) in [6, 6.07) is 1.70. The molecule has 0 atom stereocenters. The third-order valence-corrected chi connectivity index (χ3v) is 2.28. The molecule has 0 aromatic carbocycles. The van der Waals surface area contributed by atoms with Crippen LogP contribution in [0.3, 0.4) is 0 Å². The van der Waals surface area contributed by atoms with E-state index in [9.17, 15) is 4.39 Å². The Morgan fingerprint density at radius 3 is 3.00 bits per heavy atom. The molecule has 6 heteroatoms. The van der Waals surface area contributed by atoms with Gasteiger partial charge in [0.05, 0.1) is 0 Å². The van der Waals surface area contributed by atoms with Crippen molar-refractivity contribution < 1.29 is 4.39 Å². The first-order valence-corrected chi connectivity index (χ1v) is 4.96. The van der Waals surface area contributed by atoms with Crippen molar-refractivity contribution in [1.29, 1.82) is 0 Å². The molecular weight excluding hydrogens is 298 g/mol. The van der Waals surface area contributed by atoms with E-state index in [-0.39, 0.29) is 12.6 Å². The zero-order valence-corrected chi connectivity index (χ0v) is 9.22. The topological polar surface area (TPSA) is 41.4 Å². The molecule has 0 amide bonds. The van der Waals surface area contributed by atoms with Gasteiger partial charge in [-0.15, -0.1) is 0 Å². The quantitative estimate of drug-likeness (QED) is 0.451. The first kappa shape index (κ1) is 9.50. The Bertz CT molecular complexity index is 404. The third-order valence-electron chi connectivity index (χ3n) is 1.69. The number of nitrogens with zero attached hydrogens (tertiary/aromatic N) is 4. The highest BCUT2D eigenvalue weighted by atomic mass is 127. The molecule has 4 nitrogen and oxygen atoms in total. The van der Waals surface area contributed by atoms with Crippen LogP contribution in [-0.4, -0.2) is 22.9 Å². The molecule has 0 radical (unpaired) electrons. The van der Waals surface area contributed by atoms with Crippen molar-refractivity contribution in [1.82, 2.24) is 9.97 Å². The summed E-state index contributed by atoms with van der Waals surface area (Å²) in [6.07, 6.45) is 4.15. The highest BCUT2D eigenvalue weighted by Gasteiger charge is 2.14.